The maximum atomic E-state index is 10.5. The topological polar surface area (TPSA) is 80.9 Å². The van der Waals surface area contributed by atoms with E-state index in [-0.39, 0.29) is 6.54 Å². The standard InChI is InChI=1S/C13H24N4O2/c1-2-3-4-5-6-7-8-9-10-12-14-16-17(15-12)11-13(18)19/h2-11H2,1H3,(H,18,19). The highest BCUT2D eigenvalue weighted by Crippen LogP contribution is 2.09. The third-order valence-electron chi connectivity index (χ3n) is 3.02. The van der Waals surface area contributed by atoms with E-state index in [0.717, 1.165) is 17.6 Å². The number of nitrogens with zero attached hydrogens (tertiary/aromatic N) is 4. The molecule has 0 saturated carbocycles. The van der Waals surface area contributed by atoms with Gasteiger partial charge in [-0.3, -0.25) is 4.79 Å². The van der Waals surface area contributed by atoms with Crippen LogP contribution in [0.2, 0.25) is 0 Å². The minimum atomic E-state index is -0.948. The first-order valence-corrected chi connectivity index (χ1v) is 7.21. The van der Waals surface area contributed by atoms with Crippen LogP contribution in [0.1, 0.15) is 64.1 Å². The molecule has 1 heterocycles. The number of carboxylic acid groups (broad SMARTS) is 1. The smallest absolute Gasteiger partial charge is 0.327 e. The van der Waals surface area contributed by atoms with E-state index in [9.17, 15) is 4.79 Å². The molecule has 1 aromatic rings. The molecule has 0 unspecified atom stereocenters. The monoisotopic (exact) mass is 268 g/mol. The molecule has 0 aliphatic heterocycles. The molecule has 0 aromatic carbocycles. The molecule has 0 aliphatic rings. The van der Waals surface area contributed by atoms with Gasteiger partial charge in [0.2, 0.25) is 0 Å². The van der Waals surface area contributed by atoms with E-state index in [4.69, 9.17) is 5.11 Å². The van der Waals surface area contributed by atoms with Crippen molar-refractivity contribution in [2.75, 3.05) is 0 Å². The van der Waals surface area contributed by atoms with Crippen LogP contribution in [-0.2, 0) is 17.8 Å². The second-order valence-corrected chi connectivity index (χ2v) is 4.85. The maximum absolute atomic E-state index is 10.5. The first kappa shape index (κ1) is 15.6. The molecule has 0 bridgehead atoms. The van der Waals surface area contributed by atoms with Crippen molar-refractivity contribution in [2.24, 2.45) is 0 Å². The summed E-state index contributed by atoms with van der Waals surface area (Å²) < 4.78 is 0. The van der Waals surface area contributed by atoms with Gasteiger partial charge in [-0.25, -0.2) is 0 Å². The molecule has 1 N–H and O–H groups in total. The number of aromatic nitrogens is 4. The van der Waals surface area contributed by atoms with Crippen molar-refractivity contribution >= 4 is 5.97 Å². The van der Waals surface area contributed by atoms with Crippen molar-refractivity contribution in [1.82, 2.24) is 20.2 Å². The van der Waals surface area contributed by atoms with Gasteiger partial charge in [-0.05, 0) is 11.6 Å². The Bertz CT molecular complexity index is 365. The van der Waals surface area contributed by atoms with Gasteiger partial charge < -0.3 is 5.11 Å². The van der Waals surface area contributed by atoms with Crippen LogP contribution in [0.15, 0.2) is 0 Å². The van der Waals surface area contributed by atoms with Crippen LogP contribution in [0.5, 0.6) is 0 Å². The predicted octanol–water partition coefficient (Wildman–Crippen LogP) is 2.44. The van der Waals surface area contributed by atoms with E-state index in [0.29, 0.717) is 5.82 Å². The molecular weight excluding hydrogens is 244 g/mol. The maximum Gasteiger partial charge on any atom is 0.327 e. The second-order valence-electron chi connectivity index (χ2n) is 4.85. The van der Waals surface area contributed by atoms with E-state index >= 15 is 0 Å². The first-order chi connectivity index (χ1) is 9.22. The van der Waals surface area contributed by atoms with Gasteiger partial charge in [-0.1, -0.05) is 51.9 Å². The number of aryl methyl sites for hydroxylation is 1. The lowest BCUT2D eigenvalue weighted by molar-refractivity contribution is -0.138. The zero-order chi connectivity index (χ0) is 13.9. The highest BCUT2D eigenvalue weighted by molar-refractivity contribution is 5.66. The summed E-state index contributed by atoms with van der Waals surface area (Å²) in [5.74, 6) is -0.303. The Hall–Kier alpha value is -1.46. The van der Waals surface area contributed by atoms with Crippen LogP contribution in [0.25, 0.3) is 0 Å². The number of carbonyl (C=O) groups is 1. The van der Waals surface area contributed by atoms with Gasteiger partial charge in [-0.15, -0.1) is 10.2 Å². The fourth-order valence-corrected chi connectivity index (χ4v) is 1.98. The molecule has 0 atom stereocenters. The van der Waals surface area contributed by atoms with Crippen LogP contribution >= 0.6 is 0 Å². The number of tetrazole rings is 1. The van der Waals surface area contributed by atoms with Crippen molar-refractivity contribution < 1.29 is 9.90 Å². The molecule has 0 aliphatic carbocycles. The summed E-state index contributed by atoms with van der Waals surface area (Å²) in [6, 6.07) is 0. The zero-order valence-corrected chi connectivity index (χ0v) is 11.7. The molecule has 19 heavy (non-hydrogen) atoms. The van der Waals surface area contributed by atoms with Crippen LogP contribution in [0, 0.1) is 0 Å². The van der Waals surface area contributed by atoms with E-state index < -0.39 is 5.97 Å². The first-order valence-electron chi connectivity index (χ1n) is 7.21. The highest BCUT2D eigenvalue weighted by atomic mass is 16.4. The number of rotatable bonds is 11. The third-order valence-corrected chi connectivity index (χ3v) is 3.02. The van der Waals surface area contributed by atoms with Gasteiger partial charge in [0.05, 0.1) is 0 Å². The van der Waals surface area contributed by atoms with Crippen LogP contribution < -0.4 is 0 Å². The van der Waals surface area contributed by atoms with Crippen molar-refractivity contribution in [3.63, 3.8) is 0 Å². The van der Waals surface area contributed by atoms with E-state index in [1.807, 2.05) is 0 Å². The summed E-state index contributed by atoms with van der Waals surface area (Å²) in [5, 5.41) is 20.2. The summed E-state index contributed by atoms with van der Waals surface area (Å²) in [6.45, 7) is 2.01. The highest BCUT2D eigenvalue weighted by Gasteiger charge is 2.05. The van der Waals surface area contributed by atoms with E-state index in [2.05, 4.69) is 22.3 Å². The van der Waals surface area contributed by atoms with Crippen molar-refractivity contribution in [1.29, 1.82) is 0 Å². The quantitative estimate of drug-likeness (QED) is 0.623. The SMILES string of the molecule is CCCCCCCCCCc1nnn(CC(=O)O)n1. The molecule has 6 heteroatoms. The van der Waals surface area contributed by atoms with Gasteiger partial charge in [0.25, 0.3) is 0 Å². The average Bonchev–Trinajstić information content (AvgIpc) is 2.79. The van der Waals surface area contributed by atoms with Crippen LogP contribution in [0.4, 0.5) is 0 Å². The fraction of sp³-hybridized carbons (Fsp3) is 0.846. The minimum absolute atomic E-state index is 0.218. The predicted molar refractivity (Wildman–Crippen MR) is 71.8 cm³/mol. The van der Waals surface area contributed by atoms with Crippen molar-refractivity contribution in [2.45, 2.75) is 71.3 Å². The van der Waals surface area contributed by atoms with Gasteiger partial charge in [0, 0.05) is 6.42 Å². The van der Waals surface area contributed by atoms with E-state index in [1.165, 1.54) is 44.9 Å². The lowest BCUT2D eigenvalue weighted by Gasteiger charge is -1.99. The Morgan fingerprint density at radius 2 is 1.74 bits per heavy atom. The van der Waals surface area contributed by atoms with Crippen LogP contribution in [0.3, 0.4) is 0 Å². The normalized spacial score (nSPS) is 10.8. The lowest BCUT2D eigenvalue weighted by Crippen LogP contribution is -2.11. The van der Waals surface area contributed by atoms with Gasteiger partial charge in [0.1, 0.15) is 0 Å². The van der Waals surface area contributed by atoms with Gasteiger partial charge >= 0.3 is 5.97 Å². The Balaban J connectivity index is 2.03. The Morgan fingerprint density at radius 1 is 1.11 bits per heavy atom. The lowest BCUT2D eigenvalue weighted by atomic mass is 10.1. The van der Waals surface area contributed by atoms with Crippen molar-refractivity contribution in [3.05, 3.63) is 5.82 Å². The Labute approximate surface area is 114 Å². The molecular formula is C13H24N4O2. The average molecular weight is 268 g/mol. The fourth-order valence-electron chi connectivity index (χ4n) is 1.98. The second kappa shape index (κ2) is 9.47. The molecule has 0 fully saturated rings. The molecule has 0 spiro atoms. The van der Waals surface area contributed by atoms with Crippen molar-refractivity contribution in [3.8, 4) is 0 Å². The molecule has 0 saturated heterocycles. The number of aliphatic carboxylic acids is 1. The largest absolute Gasteiger partial charge is 0.480 e. The van der Waals surface area contributed by atoms with Crippen LogP contribution in [-0.4, -0.2) is 31.3 Å². The van der Waals surface area contributed by atoms with Gasteiger partial charge in [-0.2, -0.15) is 4.80 Å². The third kappa shape index (κ3) is 7.54. The molecule has 0 radical (unpaired) electrons. The summed E-state index contributed by atoms with van der Waals surface area (Å²) in [4.78, 5) is 11.6. The molecule has 108 valence electrons. The number of unbranched alkanes of at least 4 members (excludes halogenated alkanes) is 7. The molecule has 1 rings (SSSR count). The van der Waals surface area contributed by atoms with E-state index in [1.54, 1.807) is 0 Å². The summed E-state index contributed by atoms with van der Waals surface area (Å²) in [7, 11) is 0. The number of hydrogen-bond donors (Lipinski definition) is 1. The molecule has 0 amide bonds. The number of carboxylic acids is 1. The Kier molecular flexibility index (Phi) is 7.77. The minimum Gasteiger partial charge on any atom is -0.480 e. The summed E-state index contributed by atoms with van der Waals surface area (Å²) in [6.07, 6.45) is 10.9. The molecule has 1 aromatic heterocycles. The number of hydrogen-bond acceptors (Lipinski definition) is 4. The zero-order valence-electron chi connectivity index (χ0n) is 11.7. The Morgan fingerprint density at radius 3 is 2.37 bits per heavy atom. The summed E-state index contributed by atoms with van der Waals surface area (Å²) in [5.41, 5.74) is 0. The summed E-state index contributed by atoms with van der Waals surface area (Å²) >= 11 is 0. The molecule has 6 nitrogen and oxygen atoms in total. The van der Waals surface area contributed by atoms with Gasteiger partial charge in [0.15, 0.2) is 12.4 Å².